The summed E-state index contributed by atoms with van der Waals surface area (Å²) in [6.07, 6.45) is 0.397. The largest absolute Gasteiger partial charge is 0.364 e. The maximum absolute atomic E-state index is 11.8. The van der Waals surface area contributed by atoms with E-state index in [1.807, 2.05) is 18.2 Å². The molecular formula is C12H12BrNO2S. The molecule has 2 unspecified atom stereocenters. The number of aliphatic imine (C=N–C) groups is 1. The fraction of sp³-hybridized carbons (Fsp3) is 0.333. The number of benzene rings is 1. The monoisotopic (exact) mass is 313 g/mol. The first-order valence-electron chi connectivity index (χ1n) is 5.29. The molecule has 3 nitrogen and oxygen atoms in total. The minimum atomic E-state index is -1.45. The standard InChI is InChI=1S/C12H12BrNO2S/c1-2-10(15)11-12(16,14-7-17-11)8-5-3-4-6-9(8)13/h3-7,11,16H,2H2,1H3. The van der Waals surface area contributed by atoms with Crippen LogP contribution in [0.5, 0.6) is 0 Å². The summed E-state index contributed by atoms with van der Waals surface area (Å²) < 4.78 is 0.760. The zero-order chi connectivity index (χ0) is 12.5. The highest BCUT2D eigenvalue weighted by molar-refractivity contribution is 9.10. The van der Waals surface area contributed by atoms with Crippen molar-refractivity contribution in [2.45, 2.75) is 24.3 Å². The van der Waals surface area contributed by atoms with Crippen molar-refractivity contribution in [2.75, 3.05) is 0 Å². The Bertz CT molecular complexity index is 477. The van der Waals surface area contributed by atoms with Crippen molar-refractivity contribution < 1.29 is 9.90 Å². The van der Waals surface area contributed by atoms with E-state index >= 15 is 0 Å². The van der Waals surface area contributed by atoms with Crippen LogP contribution in [0.1, 0.15) is 18.9 Å². The predicted molar refractivity (Wildman–Crippen MR) is 73.2 cm³/mol. The van der Waals surface area contributed by atoms with Crippen LogP contribution in [-0.4, -0.2) is 21.7 Å². The lowest BCUT2D eigenvalue weighted by molar-refractivity contribution is -0.122. The van der Waals surface area contributed by atoms with E-state index in [4.69, 9.17) is 0 Å². The van der Waals surface area contributed by atoms with Gasteiger partial charge in [0.25, 0.3) is 0 Å². The zero-order valence-electron chi connectivity index (χ0n) is 9.26. The van der Waals surface area contributed by atoms with Gasteiger partial charge in [0.1, 0.15) is 5.25 Å². The Kier molecular flexibility index (Phi) is 3.70. The number of Topliss-reactive ketones (excluding diaryl/α,β-unsaturated/α-hetero) is 1. The topological polar surface area (TPSA) is 49.7 Å². The molecule has 1 aliphatic heterocycles. The summed E-state index contributed by atoms with van der Waals surface area (Å²) in [5, 5.41) is 10.1. The van der Waals surface area contributed by atoms with Gasteiger partial charge in [0.15, 0.2) is 5.78 Å². The average molecular weight is 314 g/mol. The molecule has 0 radical (unpaired) electrons. The Morgan fingerprint density at radius 1 is 1.59 bits per heavy atom. The lowest BCUT2D eigenvalue weighted by Crippen LogP contribution is -2.38. The summed E-state index contributed by atoms with van der Waals surface area (Å²) in [7, 11) is 0. The second-order valence-electron chi connectivity index (χ2n) is 3.78. The molecule has 17 heavy (non-hydrogen) atoms. The average Bonchev–Trinajstić information content (AvgIpc) is 2.72. The van der Waals surface area contributed by atoms with Crippen molar-refractivity contribution in [3.63, 3.8) is 0 Å². The van der Waals surface area contributed by atoms with E-state index in [1.54, 1.807) is 18.5 Å². The van der Waals surface area contributed by atoms with Crippen LogP contribution in [0.4, 0.5) is 0 Å². The van der Waals surface area contributed by atoms with Crippen molar-refractivity contribution in [1.82, 2.24) is 0 Å². The molecule has 0 saturated heterocycles. The first-order valence-corrected chi connectivity index (χ1v) is 7.02. The van der Waals surface area contributed by atoms with Crippen LogP contribution in [0.25, 0.3) is 0 Å². The molecule has 0 spiro atoms. The maximum Gasteiger partial charge on any atom is 0.203 e. The highest BCUT2D eigenvalue weighted by Gasteiger charge is 2.46. The molecule has 0 aliphatic carbocycles. The van der Waals surface area contributed by atoms with Crippen molar-refractivity contribution in [1.29, 1.82) is 0 Å². The van der Waals surface area contributed by atoms with Gasteiger partial charge in [-0.15, -0.1) is 0 Å². The summed E-state index contributed by atoms with van der Waals surface area (Å²) in [6.45, 7) is 1.79. The van der Waals surface area contributed by atoms with E-state index in [0.717, 1.165) is 4.47 Å². The van der Waals surface area contributed by atoms with Gasteiger partial charge in [-0.25, -0.2) is 4.99 Å². The van der Waals surface area contributed by atoms with E-state index in [0.29, 0.717) is 12.0 Å². The fourth-order valence-electron chi connectivity index (χ4n) is 1.79. The number of carbonyl (C=O) groups is 1. The molecule has 90 valence electrons. The first kappa shape index (κ1) is 12.8. The number of aliphatic hydroxyl groups is 1. The van der Waals surface area contributed by atoms with Crippen LogP contribution in [0.3, 0.4) is 0 Å². The number of hydrogen-bond acceptors (Lipinski definition) is 4. The molecule has 0 bridgehead atoms. The van der Waals surface area contributed by atoms with E-state index in [-0.39, 0.29) is 5.78 Å². The highest BCUT2D eigenvalue weighted by atomic mass is 79.9. The Balaban J connectivity index is 2.44. The molecule has 1 aliphatic rings. The molecule has 1 N–H and O–H groups in total. The van der Waals surface area contributed by atoms with Gasteiger partial charge in [-0.3, -0.25) is 4.79 Å². The fourth-order valence-corrected chi connectivity index (χ4v) is 3.41. The van der Waals surface area contributed by atoms with Gasteiger partial charge in [-0.05, 0) is 6.07 Å². The summed E-state index contributed by atoms with van der Waals surface area (Å²) in [5.41, 5.74) is 0.739. The van der Waals surface area contributed by atoms with Gasteiger partial charge >= 0.3 is 0 Å². The maximum atomic E-state index is 11.8. The van der Waals surface area contributed by atoms with Gasteiger partial charge in [-0.1, -0.05) is 52.8 Å². The molecule has 0 fully saturated rings. The second-order valence-corrected chi connectivity index (χ2v) is 5.59. The zero-order valence-corrected chi connectivity index (χ0v) is 11.7. The van der Waals surface area contributed by atoms with Crippen molar-refractivity contribution in [3.8, 4) is 0 Å². The molecule has 5 heteroatoms. The quantitative estimate of drug-likeness (QED) is 0.933. The van der Waals surface area contributed by atoms with Gasteiger partial charge in [0, 0.05) is 16.5 Å². The molecule has 0 saturated carbocycles. The normalized spacial score (nSPS) is 27.4. The molecule has 1 aromatic carbocycles. The lowest BCUT2D eigenvalue weighted by Gasteiger charge is -2.27. The third-order valence-electron chi connectivity index (χ3n) is 2.72. The minimum absolute atomic E-state index is 0.00533. The van der Waals surface area contributed by atoms with Gasteiger partial charge in [0.2, 0.25) is 5.72 Å². The first-order chi connectivity index (χ1) is 8.09. The van der Waals surface area contributed by atoms with Gasteiger partial charge < -0.3 is 5.11 Å². The Morgan fingerprint density at radius 2 is 2.29 bits per heavy atom. The number of hydrogen-bond donors (Lipinski definition) is 1. The summed E-state index contributed by atoms with van der Waals surface area (Å²) in [6, 6.07) is 7.30. The molecule has 2 atom stereocenters. The van der Waals surface area contributed by atoms with Crippen LogP contribution in [-0.2, 0) is 10.5 Å². The van der Waals surface area contributed by atoms with E-state index < -0.39 is 11.0 Å². The van der Waals surface area contributed by atoms with Crippen LogP contribution < -0.4 is 0 Å². The number of carbonyl (C=O) groups excluding carboxylic acids is 1. The molecule has 0 aromatic heterocycles. The second kappa shape index (κ2) is 4.92. The predicted octanol–water partition coefficient (Wildman–Crippen LogP) is 2.72. The minimum Gasteiger partial charge on any atom is -0.364 e. The van der Waals surface area contributed by atoms with Crippen LogP contribution in [0.15, 0.2) is 33.7 Å². The van der Waals surface area contributed by atoms with E-state index in [9.17, 15) is 9.90 Å². The lowest BCUT2D eigenvalue weighted by atomic mass is 9.96. The molecular weight excluding hydrogens is 302 g/mol. The van der Waals surface area contributed by atoms with Crippen molar-refractivity contribution >= 4 is 39.0 Å². The van der Waals surface area contributed by atoms with Crippen LogP contribution in [0, 0.1) is 0 Å². The number of nitrogens with zero attached hydrogens (tertiary/aromatic N) is 1. The smallest absolute Gasteiger partial charge is 0.203 e. The van der Waals surface area contributed by atoms with E-state index in [2.05, 4.69) is 20.9 Å². The molecule has 0 amide bonds. The van der Waals surface area contributed by atoms with E-state index in [1.165, 1.54) is 11.8 Å². The van der Waals surface area contributed by atoms with Gasteiger partial charge in [-0.2, -0.15) is 0 Å². The Morgan fingerprint density at radius 3 is 2.94 bits per heavy atom. The number of rotatable bonds is 3. The Hall–Kier alpha value is -0.650. The number of halogens is 1. The van der Waals surface area contributed by atoms with Crippen LogP contribution in [0.2, 0.25) is 0 Å². The summed E-state index contributed by atoms with van der Waals surface area (Å²) >= 11 is 4.66. The SMILES string of the molecule is CCC(=O)C1SC=NC1(O)c1ccccc1Br. The molecule has 1 aromatic rings. The van der Waals surface area contributed by atoms with Crippen molar-refractivity contribution in [3.05, 3.63) is 34.3 Å². The number of thioether (sulfide) groups is 1. The molecule has 1 heterocycles. The third-order valence-corrected chi connectivity index (χ3v) is 4.51. The number of ketones is 1. The highest BCUT2D eigenvalue weighted by Crippen LogP contribution is 2.42. The van der Waals surface area contributed by atoms with Gasteiger partial charge in [0.05, 0.1) is 5.55 Å². The summed E-state index contributed by atoms with van der Waals surface area (Å²) in [5.74, 6) is 0.00533. The summed E-state index contributed by atoms with van der Waals surface area (Å²) in [4.78, 5) is 15.9. The molecule has 2 rings (SSSR count). The Labute approximate surface area is 112 Å². The van der Waals surface area contributed by atoms with Crippen molar-refractivity contribution in [2.24, 2.45) is 4.99 Å². The van der Waals surface area contributed by atoms with Crippen LogP contribution >= 0.6 is 27.7 Å². The third kappa shape index (κ3) is 2.19.